The molecule has 1 unspecified atom stereocenters. The SMILES string of the molecule is COc1cc([C@@H]2Oc3cc(OCCO)c4c5c3[C@@H](C3CC[C@H](C[C@@H](c6cc(O)ccc6-4)[C@@H]5CO)[C@H](C)CCSS3)[C@H]2O)c(O)c(OC)c1O. The predicted octanol–water partition coefficient (Wildman–Crippen LogP) is 6.20. The molecule has 4 aliphatic rings. The van der Waals surface area contributed by atoms with Crippen molar-refractivity contribution in [3.8, 4) is 51.4 Å². The van der Waals surface area contributed by atoms with Gasteiger partial charge in [0.15, 0.2) is 17.6 Å². The zero-order valence-electron chi connectivity index (χ0n) is 27.8. The Balaban J connectivity index is 1.54. The van der Waals surface area contributed by atoms with Crippen LogP contribution < -0.4 is 18.9 Å². The lowest BCUT2D eigenvalue weighted by Gasteiger charge is -2.47. The maximum absolute atomic E-state index is 12.6. The first-order valence-corrected chi connectivity index (χ1v) is 19.3. The van der Waals surface area contributed by atoms with Crippen LogP contribution in [0.4, 0.5) is 0 Å². The first-order chi connectivity index (χ1) is 23.7. The summed E-state index contributed by atoms with van der Waals surface area (Å²) < 4.78 is 23.7. The van der Waals surface area contributed by atoms with Crippen LogP contribution in [0.15, 0.2) is 30.3 Å². The molecule has 6 N–H and O–H groups in total. The van der Waals surface area contributed by atoms with E-state index in [-0.39, 0.29) is 71.2 Å². The highest BCUT2D eigenvalue weighted by Gasteiger charge is 2.50. The largest absolute Gasteiger partial charge is 0.508 e. The number of methoxy groups -OCH3 is 2. The average molecular weight is 713 g/mol. The van der Waals surface area contributed by atoms with Crippen LogP contribution in [-0.2, 0) is 0 Å². The number of hydrogen-bond acceptors (Lipinski definition) is 12. The molecule has 3 aromatic carbocycles. The Morgan fingerprint density at radius 1 is 0.918 bits per heavy atom. The maximum Gasteiger partial charge on any atom is 0.207 e. The average Bonchev–Trinajstić information content (AvgIpc) is 3.18. The number of rotatable bonds is 7. The van der Waals surface area contributed by atoms with Gasteiger partial charge in [-0.1, -0.05) is 34.6 Å². The topological polar surface area (TPSA) is 158 Å². The summed E-state index contributed by atoms with van der Waals surface area (Å²) in [5, 5.41) is 66.6. The lowest BCUT2D eigenvalue weighted by Crippen LogP contribution is -2.41. The molecule has 49 heavy (non-hydrogen) atoms. The highest BCUT2D eigenvalue weighted by molar-refractivity contribution is 8.76. The molecule has 8 atom stereocenters. The summed E-state index contributed by atoms with van der Waals surface area (Å²) in [4.78, 5) is 0. The normalized spacial score (nSPS) is 28.7. The van der Waals surface area contributed by atoms with E-state index in [2.05, 4.69) is 6.92 Å². The van der Waals surface area contributed by atoms with Crippen molar-refractivity contribution in [3.63, 3.8) is 0 Å². The summed E-state index contributed by atoms with van der Waals surface area (Å²) in [5.41, 5.74) is 4.46. The monoisotopic (exact) mass is 712 g/mol. The summed E-state index contributed by atoms with van der Waals surface area (Å²) in [6, 6.07) is 8.63. The van der Waals surface area contributed by atoms with Crippen LogP contribution >= 0.6 is 21.6 Å². The van der Waals surface area contributed by atoms with Gasteiger partial charge in [-0.3, -0.25) is 0 Å². The second-order valence-corrected chi connectivity index (χ2v) is 16.3. The van der Waals surface area contributed by atoms with Crippen LogP contribution in [0.3, 0.4) is 0 Å². The Kier molecular flexibility index (Phi) is 9.70. The number of aromatic hydroxyl groups is 3. The second kappa shape index (κ2) is 13.9. The van der Waals surface area contributed by atoms with E-state index in [1.807, 2.05) is 22.9 Å². The van der Waals surface area contributed by atoms with Crippen LogP contribution in [0, 0.1) is 11.8 Å². The zero-order valence-corrected chi connectivity index (χ0v) is 29.4. The molecule has 1 saturated heterocycles. The third kappa shape index (κ3) is 5.73. The summed E-state index contributed by atoms with van der Waals surface area (Å²) in [5.74, 6) is 0.934. The van der Waals surface area contributed by atoms with Crippen molar-refractivity contribution in [2.45, 2.75) is 67.8 Å². The van der Waals surface area contributed by atoms with Gasteiger partial charge in [-0.25, -0.2) is 0 Å². The number of phenols is 3. The highest BCUT2D eigenvalue weighted by atomic mass is 33.1. The molecule has 7 rings (SSSR count). The van der Waals surface area contributed by atoms with Gasteiger partial charge in [0.05, 0.1) is 27.4 Å². The number of fused-ring (bicyclic) bond motifs is 8. The first-order valence-electron chi connectivity index (χ1n) is 16.9. The smallest absolute Gasteiger partial charge is 0.207 e. The van der Waals surface area contributed by atoms with Crippen molar-refractivity contribution in [3.05, 3.63) is 52.6 Å². The lowest BCUT2D eigenvalue weighted by molar-refractivity contribution is -0.00424. The van der Waals surface area contributed by atoms with Crippen molar-refractivity contribution in [2.75, 3.05) is 39.8 Å². The van der Waals surface area contributed by atoms with Gasteiger partial charge in [-0.15, -0.1) is 0 Å². The van der Waals surface area contributed by atoms with E-state index in [4.69, 9.17) is 18.9 Å². The Hall–Kier alpha value is -3.16. The van der Waals surface area contributed by atoms with Gasteiger partial charge in [-0.2, -0.15) is 0 Å². The molecule has 264 valence electrons. The molecule has 0 saturated carbocycles. The number of hydrogen-bond donors (Lipinski definition) is 6. The summed E-state index contributed by atoms with van der Waals surface area (Å²) >= 11 is 0. The molecule has 0 aromatic heterocycles. The Labute approximate surface area is 293 Å². The van der Waals surface area contributed by atoms with Crippen molar-refractivity contribution in [1.82, 2.24) is 0 Å². The minimum Gasteiger partial charge on any atom is -0.508 e. The molecule has 2 aliphatic heterocycles. The van der Waals surface area contributed by atoms with Crippen molar-refractivity contribution in [2.24, 2.45) is 11.8 Å². The van der Waals surface area contributed by atoms with E-state index >= 15 is 0 Å². The van der Waals surface area contributed by atoms with Crippen LogP contribution in [0.2, 0.25) is 0 Å². The standard InChI is InChI=1S/C37H44O10S2/c1-17-8-11-48-49-28-7-4-18(17)12-21-22-13-19(40)5-6-20(22)29-25(46-10-9-38)15-26-31(30(29)24(21)16-39)32(28)35(43)36(47-26)23-14-27(44-2)34(42)37(45-3)33(23)41/h5-6,13-15,17-18,21,24,28,32,35-36,38-43H,4,7-12,16H2,1-3H3/t17-,18-,21+,24+,28?,32-,35-,36+/m1/s1. The Morgan fingerprint density at radius 3 is 2.47 bits per heavy atom. The fourth-order valence-corrected chi connectivity index (χ4v) is 11.8. The molecule has 12 heteroatoms. The summed E-state index contributed by atoms with van der Waals surface area (Å²) in [6.45, 7) is 1.94. The number of ether oxygens (including phenoxy) is 4. The predicted molar refractivity (Wildman–Crippen MR) is 189 cm³/mol. The third-order valence-corrected chi connectivity index (χ3v) is 14.1. The number of aliphatic hydroxyl groups excluding tert-OH is 3. The van der Waals surface area contributed by atoms with Gasteiger partial charge in [0, 0.05) is 45.6 Å². The van der Waals surface area contributed by atoms with E-state index in [1.165, 1.54) is 20.3 Å². The molecule has 4 bridgehead atoms. The summed E-state index contributed by atoms with van der Waals surface area (Å²) in [6.07, 6.45) is 1.39. The molecule has 0 spiro atoms. The first kappa shape index (κ1) is 34.3. The van der Waals surface area contributed by atoms with Crippen LogP contribution in [0.25, 0.3) is 11.1 Å². The van der Waals surface area contributed by atoms with Gasteiger partial charge in [0.1, 0.15) is 30.0 Å². The number of phenolic OH excluding ortho intramolecular Hbond substituents is 3. The molecule has 0 amide bonds. The van der Waals surface area contributed by atoms with E-state index < -0.39 is 18.1 Å². The van der Waals surface area contributed by atoms with E-state index in [9.17, 15) is 30.6 Å². The second-order valence-electron chi connectivity index (χ2n) is 13.6. The molecule has 1 fully saturated rings. The van der Waals surface area contributed by atoms with E-state index in [0.29, 0.717) is 23.3 Å². The third-order valence-electron chi connectivity index (χ3n) is 11.1. The fourth-order valence-electron chi connectivity index (χ4n) is 8.70. The molecular weight excluding hydrogens is 669 g/mol. The minimum absolute atomic E-state index is 0.0171. The molecular formula is C37H44O10S2. The lowest BCUT2D eigenvalue weighted by atomic mass is 9.62. The van der Waals surface area contributed by atoms with Gasteiger partial charge in [0.2, 0.25) is 11.5 Å². The van der Waals surface area contributed by atoms with Crippen LogP contribution in [-0.4, -0.2) is 81.8 Å². The van der Waals surface area contributed by atoms with Crippen molar-refractivity contribution in [1.29, 1.82) is 0 Å². The molecule has 2 heterocycles. The molecule has 2 aliphatic carbocycles. The van der Waals surface area contributed by atoms with Gasteiger partial charge in [0.25, 0.3) is 0 Å². The van der Waals surface area contributed by atoms with Crippen molar-refractivity contribution >= 4 is 21.6 Å². The number of benzene rings is 3. The van der Waals surface area contributed by atoms with Crippen molar-refractivity contribution < 1.29 is 49.6 Å². The Bertz CT molecular complexity index is 1720. The van der Waals surface area contributed by atoms with Gasteiger partial charge in [-0.05, 0) is 78.3 Å². The zero-order chi connectivity index (χ0) is 34.6. The van der Waals surface area contributed by atoms with E-state index in [1.54, 1.807) is 22.9 Å². The molecule has 10 nitrogen and oxygen atoms in total. The Morgan fingerprint density at radius 2 is 1.73 bits per heavy atom. The van der Waals surface area contributed by atoms with E-state index in [0.717, 1.165) is 59.3 Å². The quantitative estimate of drug-likeness (QED) is 0.154. The summed E-state index contributed by atoms with van der Waals surface area (Å²) in [7, 11) is 6.32. The molecule has 3 aromatic rings. The van der Waals surface area contributed by atoms with Gasteiger partial charge >= 0.3 is 0 Å². The van der Waals surface area contributed by atoms with Gasteiger partial charge < -0.3 is 49.6 Å². The number of aliphatic hydroxyl groups is 3. The fraction of sp³-hybridized carbons (Fsp3) is 0.514. The minimum atomic E-state index is -1.15. The maximum atomic E-state index is 12.6. The van der Waals surface area contributed by atoms with Crippen LogP contribution in [0.1, 0.15) is 78.7 Å². The highest BCUT2D eigenvalue weighted by Crippen LogP contribution is 2.63. The van der Waals surface area contributed by atoms with Crippen LogP contribution in [0.5, 0.6) is 40.2 Å². The molecule has 0 radical (unpaired) electrons.